The molecule has 718 valence electrons. The number of carbonyl (C=O) groups is 13. The van der Waals surface area contributed by atoms with Crippen LogP contribution in [0.1, 0.15) is 302 Å². The lowest BCUT2D eigenvalue weighted by atomic mass is 9.83. The van der Waals surface area contributed by atoms with Crippen LogP contribution in [0.3, 0.4) is 0 Å². The Morgan fingerprint density at radius 3 is 0.910 bits per heavy atom. The number of carboxylic acids is 2. The maximum Gasteiger partial charge on any atom is 0.422 e. The molecule has 1 heterocycles. The van der Waals surface area contributed by atoms with Crippen molar-refractivity contribution in [3.63, 3.8) is 0 Å². The van der Waals surface area contributed by atoms with Gasteiger partial charge in [0.2, 0.25) is 6.10 Å². The molecule has 0 radical (unpaired) electrons. The molecule has 26 nitrogen and oxygen atoms in total. The van der Waals surface area contributed by atoms with E-state index in [4.69, 9.17) is 24.4 Å². The average Bonchev–Trinajstić information content (AvgIpc) is 1.33. The number of alkyl halides is 14. The molecule has 2 N–H and O–H groups in total. The number of esters is 11. The maximum atomic E-state index is 13.9. The number of hydrogen-bond donors (Lipinski definition) is 2. The molecule has 0 bridgehead atoms. The Morgan fingerprint density at radius 1 is 0.377 bits per heavy atom. The molecule has 0 aromatic carbocycles. The van der Waals surface area contributed by atoms with Gasteiger partial charge in [0.15, 0.2) is 45.7 Å². The van der Waals surface area contributed by atoms with Crippen LogP contribution < -0.4 is 0 Å². The van der Waals surface area contributed by atoms with Gasteiger partial charge in [-0.1, -0.05) is 88.5 Å². The summed E-state index contributed by atoms with van der Waals surface area (Å²) in [5, 5.41) is 16.9. The Balaban J connectivity index is -0.000000320. The SMILES string of the molecule is CCC(C)(C)C(=O)O.CCC(C)(C)C(=O)O.CCC(C)(C)C(=O)OC1CCOC1=O.CCC(C)(C)C(=O)OCC(=O)OCC(F)(F)F.CCC(C)(C)C(=O)OCC(=O)OCC(F)(F)F.CCC(C)(C)C(=O)OCC(=O)OCC(F)(F)F.CCC(OC(=O)C(C)(C)CC)C(F)(F)C(=O)OCCC(F)(F)F.CCC1(OC(=O)C(C)(C)CC)CCCCCCC1. The summed E-state index contributed by atoms with van der Waals surface area (Å²) in [6.45, 7) is 36.8. The van der Waals surface area contributed by atoms with E-state index in [1.807, 2.05) is 34.6 Å². The van der Waals surface area contributed by atoms with Crippen LogP contribution in [0.15, 0.2) is 0 Å². The minimum atomic E-state index is -4.63. The third-order valence-electron chi connectivity index (χ3n) is 20.0. The lowest BCUT2D eigenvalue weighted by Gasteiger charge is -2.37. The fourth-order valence-corrected chi connectivity index (χ4v) is 7.21. The van der Waals surface area contributed by atoms with E-state index in [9.17, 15) is 124 Å². The van der Waals surface area contributed by atoms with E-state index in [1.54, 1.807) is 111 Å². The van der Waals surface area contributed by atoms with Crippen LogP contribution in [0, 0.1) is 43.3 Å². The molecule has 2 aliphatic rings. The normalized spacial score (nSPS) is 14.9. The van der Waals surface area contributed by atoms with Gasteiger partial charge in [-0.3, -0.25) is 38.4 Å². The van der Waals surface area contributed by atoms with Crippen molar-refractivity contribution in [2.75, 3.05) is 52.9 Å². The van der Waals surface area contributed by atoms with E-state index in [1.165, 1.54) is 52.9 Å². The monoisotopic (exact) mass is 1800 g/mol. The first-order valence-corrected chi connectivity index (χ1v) is 40.1. The highest BCUT2D eigenvalue weighted by Gasteiger charge is 2.52. The smallest absolute Gasteiger partial charge is 0.422 e. The van der Waals surface area contributed by atoms with Gasteiger partial charge in [-0.15, -0.1) is 0 Å². The van der Waals surface area contributed by atoms with Gasteiger partial charge in [-0.25, -0.2) is 24.0 Å². The van der Waals surface area contributed by atoms with Crippen LogP contribution in [0.25, 0.3) is 0 Å². The molecule has 0 aromatic rings. The number of halogens is 14. The third kappa shape index (κ3) is 56.8. The zero-order valence-corrected chi connectivity index (χ0v) is 75.7. The summed E-state index contributed by atoms with van der Waals surface area (Å²) >= 11 is 0. The van der Waals surface area contributed by atoms with Gasteiger partial charge < -0.3 is 62.3 Å². The Kier molecular flexibility index (Phi) is 57.5. The summed E-state index contributed by atoms with van der Waals surface area (Å²) in [5.74, 6) is -15.1. The molecule has 1 aliphatic carbocycles. The highest BCUT2D eigenvalue weighted by atomic mass is 19.4. The topological polar surface area (TPSA) is 364 Å². The van der Waals surface area contributed by atoms with Crippen molar-refractivity contribution in [3.05, 3.63) is 0 Å². The molecule has 2 unspecified atom stereocenters. The molecule has 0 aromatic heterocycles. The molecule has 40 heteroatoms. The zero-order valence-electron chi connectivity index (χ0n) is 75.7. The van der Waals surface area contributed by atoms with E-state index < -0.39 is 205 Å². The molecule has 1 saturated heterocycles. The number of carbonyl (C=O) groups excluding carboxylic acids is 11. The second-order valence-corrected chi connectivity index (χ2v) is 33.5. The van der Waals surface area contributed by atoms with E-state index in [0.717, 1.165) is 25.7 Å². The first-order valence-electron chi connectivity index (χ1n) is 40.1. The largest absolute Gasteiger partial charge is 0.481 e. The van der Waals surface area contributed by atoms with Crippen molar-refractivity contribution < 1.29 is 186 Å². The summed E-state index contributed by atoms with van der Waals surface area (Å²) in [6.07, 6.45) is -8.54. The fourth-order valence-electron chi connectivity index (χ4n) is 7.21. The highest BCUT2D eigenvalue weighted by Crippen LogP contribution is 2.37. The molecular formula is C82H136F14O26. The maximum absolute atomic E-state index is 13.9. The van der Waals surface area contributed by atoms with Crippen LogP contribution in [0.4, 0.5) is 61.5 Å². The Morgan fingerprint density at radius 2 is 0.664 bits per heavy atom. The van der Waals surface area contributed by atoms with Gasteiger partial charge in [-0.2, -0.15) is 61.5 Å². The standard InChI is InChI=1S/C16H30O2.C14H21F5O4.3C10H15F3O4.C10H16O4.2C6H12O2/c1-5-15(3,4)14(17)18-16(6-2)12-10-8-7-9-11-13-16;1-5-9(23-10(20)12(3,4)6-2)14(18,19)11(21)22-8-7-13(15,16)17;3*1-4-9(2,3)8(15)16-5-7(14)17-6-10(11,12)13;1-4-10(2,3)9(12)14-7-5-6-13-8(7)11;2*1-4-6(2,3)5(7)8/h5-13H2,1-4H3;9H,5-8H2,1-4H3;3*4-6H2,1-3H3;7H,4-6H2,1-3H3;2*4H2,1-3H3,(H,7,8). The first kappa shape index (κ1) is 125. The van der Waals surface area contributed by atoms with Crippen molar-refractivity contribution in [2.24, 2.45) is 43.3 Å². The quantitative estimate of drug-likeness (QED) is 0.0343. The molecular weight excluding hydrogens is 1670 g/mol. The van der Waals surface area contributed by atoms with E-state index in [0.29, 0.717) is 58.0 Å². The first-order chi connectivity index (χ1) is 55.0. The van der Waals surface area contributed by atoms with E-state index in [2.05, 4.69) is 51.7 Å². The number of ether oxygens (including phenoxy) is 11. The molecule has 122 heavy (non-hydrogen) atoms. The third-order valence-corrected chi connectivity index (χ3v) is 20.0. The van der Waals surface area contributed by atoms with Gasteiger partial charge in [0.05, 0.1) is 56.3 Å². The predicted octanol–water partition coefficient (Wildman–Crippen LogP) is 19.2. The van der Waals surface area contributed by atoms with Gasteiger partial charge in [0, 0.05) is 6.42 Å². The molecule has 1 saturated carbocycles. The summed E-state index contributed by atoms with van der Waals surface area (Å²) < 4.78 is 218. The van der Waals surface area contributed by atoms with Crippen molar-refractivity contribution in [1.29, 1.82) is 0 Å². The molecule has 0 amide bonds. The predicted molar refractivity (Wildman–Crippen MR) is 415 cm³/mol. The molecule has 2 rings (SSSR count). The Bertz CT molecular complexity index is 3020. The Hall–Kier alpha value is -7.87. The van der Waals surface area contributed by atoms with Crippen LogP contribution in [-0.2, 0) is 114 Å². The number of rotatable bonds is 34. The lowest BCUT2D eigenvalue weighted by Crippen LogP contribution is -2.46. The van der Waals surface area contributed by atoms with Gasteiger partial charge in [0.25, 0.3) is 0 Å². The Labute approximate surface area is 708 Å². The number of aliphatic carboxylic acids is 2. The van der Waals surface area contributed by atoms with Gasteiger partial charge >= 0.3 is 108 Å². The number of cyclic esters (lactones) is 1. The van der Waals surface area contributed by atoms with Gasteiger partial charge in [-0.05, 0) is 201 Å². The average molecular weight is 1800 g/mol. The van der Waals surface area contributed by atoms with Gasteiger partial charge in [0.1, 0.15) is 12.2 Å². The van der Waals surface area contributed by atoms with Crippen LogP contribution in [0.5, 0.6) is 0 Å². The minimum Gasteiger partial charge on any atom is -0.481 e. The summed E-state index contributed by atoms with van der Waals surface area (Å²) in [7, 11) is 0. The van der Waals surface area contributed by atoms with Crippen LogP contribution >= 0.6 is 0 Å². The molecule has 2 atom stereocenters. The summed E-state index contributed by atoms with van der Waals surface area (Å²) in [4.78, 5) is 145. The highest BCUT2D eigenvalue weighted by molar-refractivity contribution is 5.84. The van der Waals surface area contributed by atoms with E-state index >= 15 is 0 Å². The minimum absolute atomic E-state index is 0.00702. The van der Waals surface area contributed by atoms with Crippen molar-refractivity contribution in [1.82, 2.24) is 0 Å². The fraction of sp³-hybridized carbons (Fsp3) is 0.841. The zero-order chi connectivity index (χ0) is 97.5. The number of carboxylic acid groups (broad SMARTS) is 2. The second-order valence-electron chi connectivity index (χ2n) is 33.5. The lowest BCUT2D eigenvalue weighted by molar-refractivity contribution is -0.205. The summed E-state index contributed by atoms with van der Waals surface area (Å²) in [6, 6.07) is 0. The van der Waals surface area contributed by atoms with Crippen LogP contribution in [-0.4, -0.2) is 189 Å². The molecule has 0 spiro atoms. The molecule has 2 fully saturated rings. The molecule has 1 aliphatic heterocycles. The van der Waals surface area contributed by atoms with E-state index in [-0.39, 0.29) is 23.0 Å². The second kappa shape index (κ2) is 56.2. The van der Waals surface area contributed by atoms with Crippen molar-refractivity contribution in [2.45, 2.75) is 350 Å². The summed E-state index contributed by atoms with van der Waals surface area (Å²) in [5.41, 5.74) is -5.47. The van der Waals surface area contributed by atoms with Crippen molar-refractivity contribution >= 4 is 77.6 Å². The van der Waals surface area contributed by atoms with Crippen molar-refractivity contribution in [3.8, 4) is 0 Å². The number of hydrogen-bond acceptors (Lipinski definition) is 24. The van der Waals surface area contributed by atoms with Crippen LogP contribution in [0.2, 0.25) is 0 Å².